The van der Waals surface area contributed by atoms with Crippen LogP contribution in [0.3, 0.4) is 0 Å². The van der Waals surface area contributed by atoms with Gasteiger partial charge in [-0.2, -0.15) is 12.6 Å². The predicted octanol–water partition coefficient (Wildman–Crippen LogP) is 1.79. The molecule has 0 aliphatic carbocycles. The van der Waals surface area contributed by atoms with Crippen molar-refractivity contribution in [2.45, 2.75) is 18.7 Å². The zero-order valence-corrected chi connectivity index (χ0v) is 12.0. The van der Waals surface area contributed by atoms with Crippen molar-refractivity contribution in [3.8, 4) is 0 Å². The summed E-state index contributed by atoms with van der Waals surface area (Å²) in [6.45, 7) is 3.91. The van der Waals surface area contributed by atoms with Crippen LogP contribution in [0.2, 0.25) is 0 Å². The van der Waals surface area contributed by atoms with E-state index in [9.17, 15) is 13.2 Å². The van der Waals surface area contributed by atoms with E-state index in [-0.39, 0.29) is 22.4 Å². The normalized spacial score (nSPS) is 17.9. The van der Waals surface area contributed by atoms with Crippen molar-refractivity contribution in [2.75, 3.05) is 12.3 Å². The second-order valence-corrected chi connectivity index (χ2v) is 7.28. The Labute approximate surface area is 112 Å². The van der Waals surface area contributed by atoms with Crippen molar-refractivity contribution in [3.63, 3.8) is 0 Å². The summed E-state index contributed by atoms with van der Waals surface area (Å²) in [7, 11) is -3.69. The van der Waals surface area contributed by atoms with Crippen LogP contribution in [0.25, 0.3) is 0 Å². The van der Waals surface area contributed by atoms with Gasteiger partial charge in [-0.3, -0.25) is 4.79 Å². The smallest absolute Gasteiger partial charge is 0.268 e. The number of amides is 1. The minimum Gasteiger partial charge on any atom is -0.268 e. The van der Waals surface area contributed by atoms with Crippen molar-refractivity contribution < 1.29 is 13.2 Å². The summed E-state index contributed by atoms with van der Waals surface area (Å²) in [6.07, 6.45) is 0. The highest BCUT2D eigenvalue weighted by Gasteiger charge is 2.42. The quantitative estimate of drug-likeness (QED) is 0.861. The zero-order chi connectivity index (χ0) is 13.6. The molecule has 0 radical (unpaired) electrons. The Hall–Kier alpha value is -1.01. The lowest BCUT2D eigenvalue weighted by molar-refractivity contribution is 0.0841. The Morgan fingerprint density at radius 3 is 2.44 bits per heavy atom. The van der Waals surface area contributed by atoms with Crippen LogP contribution in [0.15, 0.2) is 29.2 Å². The van der Waals surface area contributed by atoms with Crippen molar-refractivity contribution in [1.29, 1.82) is 0 Å². The molecule has 0 N–H and O–H groups in total. The van der Waals surface area contributed by atoms with Crippen molar-refractivity contribution in [3.05, 3.63) is 29.8 Å². The number of rotatable bonds is 3. The second kappa shape index (κ2) is 4.28. The molecule has 18 heavy (non-hydrogen) atoms. The third-order valence-electron chi connectivity index (χ3n) is 2.91. The van der Waals surface area contributed by atoms with Gasteiger partial charge >= 0.3 is 0 Å². The van der Waals surface area contributed by atoms with Crippen LogP contribution in [0, 0.1) is 5.41 Å². The van der Waals surface area contributed by atoms with Gasteiger partial charge in [0.15, 0.2) is 0 Å². The van der Waals surface area contributed by atoms with Gasteiger partial charge in [-0.05, 0) is 23.3 Å². The molecule has 98 valence electrons. The van der Waals surface area contributed by atoms with Gasteiger partial charge in [0.05, 0.1) is 5.56 Å². The summed E-state index contributed by atoms with van der Waals surface area (Å²) >= 11 is 4.19. The van der Waals surface area contributed by atoms with Crippen LogP contribution < -0.4 is 0 Å². The van der Waals surface area contributed by atoms with Gasteiger partial charge in [-0.25, -0.2) is 12.7 Å². The Kier molecular flexibility index (Phi) is 3.19. The number of benzene rings is 1. The number of hydrogen-bond donors (Lipinski definition) is 1. The highest BCUT2D eigenvalue weighted by atomic mass is 32.2. The van der Waals surface area contributed by atoms with E-state index in [0.29, 0.717) is 5.75 Å². The van der Waals surface area contributed by atoms with Crippen LogP contribution in [-0.4, -0.2) is 30.9 Å². The molecule has 1 aliphatic heterocycles. The number of fused-ring (bicyclic) bond motifs is 1. The van der Waals surface area contributed by atoms with Gasteiger partial charge in [-0.15, -0.1) is 0 Å². The highest BCUT2D eigenvalue weighted by Crippen LogP contribution is 2.32. The molecule has 1 aliphatic rings. The first-order valence-electron chi connectivity index (χ1n) is 5.56. The fourth-order valence-corrected chi connectivity index (χ4v) is 3.68. The first-order chi connectivity index (χ1) is 8.29. The molecule has 0 atom stereocenters. The van der Waals surface area contributed by atoms with E-state index in [0.717, 1.165) is 4.31 Å². The van der Waals surface area contributed by atoms with Crippen LogP contribution in [-0.2, 0) is 10.0 Å². The molecular weight excluding hydrogens is 270 g/mol. The Morgan fingerprint density at radius 2 is 1.89 bits per heavy atom. The van der Waals surface area contributed by atoms with Crippen molar-refractivity contribution in [2.24, 2.45) is 5.41 Å². The minimum atomic E-state index is -3.69. The van der Waals surface area contributed by atoms with Gasteiger partial charge in [0.25, 0.3) is 15.9 Å². The number of nitrogens with zero attached hydrogens (tertiary/aromatic N) is 1. The van der Waals surface area contributed by atoms with E-state index >= 15 is 0 Å². The molecule has 1 aromatic rings. The third-order valence-corrected chi connectivity index (χ3v) is 5.55. The summed E-state index contributed by atoms with van der Waals surface area (Å²) in [5.41, 5.74) is -0.0964. The second-order valence-electron chi connectivity index (χ2n) is 5.14. The Bertz CT molecular complexity index is 593. The zero-order valence-electron chi connectivity index (χ0n) is 10.3. The minimum absolute atomic E-state index is 0.102. The Morgan fingerprint density at radius 1 is 1.28 bits per heavy atom. The van der Waals surface area contributed by atoms with E-state index < -0.39 is 15.9 Å². The molecule has 6 heteroatoms. The number of carbonyl (C=O) groups is 1. The summed E-state index contributed by atoms with van der Waals surface area (Å²) in [5, 5.41) is 0. The van der Waals surface area contributed by atoms with Crippen molar-refractivity contribution >= 4 is 28.6 Å². The van der Waals surface area contributed by atoms with E-state index in [4.69, 9.17) is 0 Å². The molecule has 0 spiro atoms. The molecule has 0 unspecified atom stereocenters. The first kappa shape index (κ1) is 13.4. The summed E-state index contributed by atoms with van der Waals surface area (Å²) < 4.78 is 25.5. The van der Waals surface area contributed by atoms with E-state index in [1.54, 1.807) is 18.2 Å². The molecule has 0 bridgehead atoms. The topological polar surface area (TPSA) is 54.5 Å². The summed E-state index contributed by atoms with van der Waals surface area (Å²) in [4.78, 5) is 12.2. The molecule has 0 aromatic heterocycles. The predicted molar refractivity (Wildman–Crippen MR) is 72.3 cm³/mol. The molecule has 1 aromatic carbocycles. The first-order valence-corrected chi connectivity index (χ1v) is 7.64. The molecule has 0 saturated heterocycles. The monoisotopic (exact) mass is 285 g/mol. The largest absolute Gasteiger partial charge is 0.269 e. The lowest BCUT2D eigenvalue weighted by Crippen LogP contribution is -2.39. The maximum atomic E-state index is 12.3. The lowest BCUT2D eigenvalue weighted by atomic mass is 9.96. The van der Waals surface area contributed by atoms with Crippen molar-refractivity contribution in [1.82, 2.24) is 4.31 Å². The highest BCUT2D eigenvalue weighted by molar-refractivity contribution is 7.90. The number of hydrogen-bond acceptors (Lipinski definition) is 4. The van der Waals surface area contributed by atoms with E-state index in [1.165, 1.54) is 6.07 Å². The molecule has 1 heterocycles. The van der Waals surface area contributed by atoms with Crippen LogP contribution in [0.5, 0.6) is 0 Å². The van der Waals surface area contributed by atoms with Gasteiger partial charge in [0.1, 0.15) is 4.90 Å². The van der Waals surface area contributed by atoms with Crippen LogP contribution in [0.1, 0.15) is 24.2 Å². The van der Waals surface area contributed by atoms with Gasteiger partial charge in [0.2, 0.25) is 0 Å². The summed E-state index contributed by atoms with van der Waals surface area (Å²) in [6, 6.07) is 6.30. The SMILES string of the molecule is CC(C)(CS)CN1C(=O)c2ccccc2S1(=O)=O. The molecule has 0 saturated carbocycles. The standard InChI is InChI=1S/C12H15NO3S2/c1-12(2,8-17)7-13-11(14)9-5-3-4-6-10(9)18(13,15)16/h3-6,17H,7-8H2,1-2H3. The number of sulfonamides is 1. The van der Waals surface area contributed by atoms with E-state index in [2.05, 4.69) is 12.6 Å². The molecule has 0 fully saturated rings. The van der Waals surface area contributed by atoms with Gasteiger partial charge < -0.3 is 0 Å². The average molecular weight is 285 g/mol. The van der Waals surface area contributed by atoms with Gasteiger partial charge in [-0.1, -0.05) is 26.0 Å². The Balaban J connectivity index is 2.46. The fraction of sp³-hybridized carbons (Fsp3) is 0.417. The maximum absolute atomic E-state index is 12.3. The molecular formula is C12H15NO3S2. The average Bonchev–Trinajstić information content (AvgIpc) is 2.51. The molecule has 2 rings (SSSR count). The maximum Gasteiger partial charge on any atom is 0.269 e. The third kappa shape index (κ3) is 2.03. The summed E-state index contributed by atoms with van der Waals surface area (Å²) in [5.74, 6) is 0.0586. The lowest BCUT2D eigenvalue weighted by Gasteiger charge is -2.27. The van der Waals surface area contributed by atoms with E-state index in [1.807, 2.05) is 13.8 Å². The van der Waals surface area contributed by atoms with Crippen LogP contribution in [0.4, 0.5) is 0 Å². The number of thiol groups is 1. The molecule has 1 amide bonds. The fourth-order valence-electron chi connectivity index (χ4n) is 1.83. The van der Waals surface area contributed by atoms with Gasteiger partial charge in [0, 0.05) is 6.54 Å². The number of carbonyl (C=O) groups excluding carboxylic acids is 1. The molecule has 4 nitrogen and oxygen atoms in total. The van der Waals surface area contributed by atoms with Crippen LogP contribution >= 0.6 is 12.6 Å².